The van der Waals surface area contributed by atoms with Crippen LogP contribution in [0.5, 0.6) is 0 Å². The van der Waals surface area contributed by atoms with E-state index in [4.69, 9.17) is 4.99 Å². The number of hydrogen-bond donors (Lipinski definition) is 1. The Morgan fingerprint density at radius 2 is 1.09 bits per heavy atom. The van der Waals surface area contributed by atoms with Crippen LogP contribution in [-0.4, -0.2) is 17.4 Å². The highest BCUT2D eigenvalue weighted by atomic mass is 15.0. The molecule has 1 N–H and O–H groups in total. The van der Waals surface area contributed by atoms with Crippen LogP contribution in [0.25, 0.3) is 55.4 Å². The van der Waals surface area contributed by atoms with Gasteiger partial charge >= 0.3 is 0 Å². The van der Waals surface area contributed by atoms with Crippen molar-refractivity contribution in [1.82, 2.24) is 10.3 Å². The van der Waals surface area contributed by atoms with E-state index in [2.05, 4.69) is 162 Å². The van der Waals surface area contributed by atoms with Crippen LogP contribution in [0.1, 0.15) is 16.7 Å². The molecule has 0 radical (unpaired) electrons. The zero-order valence-corrected chi connectivity index (χ0v) is 25.3. The standard InChI is InChI=1S/C43H31N3/c1-2-9-30(10-3-1)36-13-6-14-37(27-36)41-29-45-43(46-42(41)34-22-18-31(19-23-34)38-15-8-26-44-28-38)35-24-20-33(21-25-35)40-17-7-12-32-11-4-5-16-39(32)40/h1-28H,29H2,(H,45,46). The van der Waals surface area contributed by atoms with E-state index >= 15 is 0 Å². The smallest absolute Gasteiger partial charge is 0.134 e. The number of pyridine rings is 1. The van der Waals surface area contributed by atoms with Gasteiger partial charge in [0, 0.05) is 35.6 Å². The molecule has 218 valence electrons. The second-order valence-electron chi connectivity index (χ2n) is 11.5. The van der Waals surface area contributed by atoms with Gasteiger partial charge in [-0.3, -0.25) is 4.98 Å². The zero-order valence-electron chi connectivity index (χ0n) is 25.3. The maximum Gasteiger partial charge on any atom is 0.134 e. The van der Waals surface area contributed by atoms with Crippen molar-refractivity contribution >= 4 is 27.9 Å². The molecular formula is C43H31N3. The summed E-state index contributed by atoms with van der Waals surface area (Å²) in [5, 5.41) is 6.16. The van der Waals surface area contributed by atoms with Crippen molar-refractivity contribution in [2.75, 3.05) is 6.54 Å². The van der Waals surface area contributed by atoms with Gasteiger partial charge in [-0.1, -0.05) is 146 Å². The maximum absolute atomic E-state index is 5.31. The summed E-state index contributed by atoms with van der Waals surface area (Å²) in [6.45, 7) is 0.668. The number of benzene rings is 6. The fourth-order valence-electron chi connectivity index (χ4n) is 6.27. The molecule has 0 aliphatic carbocycles. The summed E-state index contributed by atoms with van der Waals surface area (Å²) in [6, 6.07) is 55.8. The van der Waals surface area contributed by atoms with E-state index < -0.39 is 0 Å². The topological polar surface area (TPSA) is 37.3 Å². The lowest BCUT2D eigenvalue weighted by molar-refractivity contribution is 1.03. The summed E-state index contributed by atoms with van der Waals surface area (Å²) < 4.78 is 0. The van der Waals surface area contributed by atoms with E-state index in [1.54, 1.807) is 6.20 Å². The van der Waals surface area contributed by atoms with Crippen LogP contribution in [0.2, 0.25) is 0 Å². The van der Waals surface area contributed by atoms with Crippen LogP contribution in [0.3, 0.4) is 0 Å². The normalized spacial score (nSPS) is 12.9. The Morgan fingerprint density at radius 3 is 1.91 bits per heavy atom. The van der Waals surface area contributed by atoms with Gasteiger partial charge < -0.3 is 5.32 Å². The van der Waals surface area contributed by atoms with Gasteiger partial charge in [0.15, 0.2) is 0 Å². The van der Waals surface area contributed by atoms with Crippen molar-refractivity contribution < 1.29 is 0 Å². The molecule has 3 heteroatoms. The fourth-order valence-corrected chi connectivity index (χ4v) is 6.27. The first-order valence-electron chi connectivity index (χ1n) is 15.6. The molecule has 1 aliphatic rings. The first-order valence-corrected chi connectivity index (χ1v) is 15.6. The fraction of sp³-hybridized carbons (Fsp3) is 0.0233. The molecule has 8 rings (SSSR count). The molecule has 0 fully saturated rings. The largest absolute Gasteiger partial charge is 0.365 e. The predicted molar refractivity (Wildman–Crippen MR) is 192 cm³/mol. The van der Waals surface area contributed by atoms with Crippen molar-refractivity contribution in [3.63, 3.8) is 0 Å². The first-order chi connectivity index (χ1) is 22.8. The van der Waals surface area contributed by atoms with Crippen molar-refractivity contribution in [2.24, 2.45) is 4.99 Å². The van der Waals surface area contributed by atoms with Gasteiger partial charge in [-0.05, 0) is 61.8 Å². The number of hydrogen-bond acceptors (Lipinski definition) is 3. The molecule has 0 saturated heterocycles. The minimum absolute atomic E-state index is 0.668. The highest BCUT2D eigenvalue weighted by Crippen LogP contribution is 2.34. The molecule has 2 heterocycles. The van der Waals surface area contributed by atoms with Gasteiger partial charge in [-0.15, -0.1) is 0 Å². The second kappa shape index (κ2) is 12.1. The summed E-state index contributed by atoms with van der Waals surface area (Å²) >= 11 is 0. The molecule has 0 unspecified atom stereocenters. The number of nitrogens with one attached hydrogen (secondary N) is 1. The molecule has 0 spiro atoms. The second-order valence-corrected chi connectivity index (χ2v) is 11.5. The van der Waals surface area contributed by atoms with Crippen LogP contribution in [0.15, 0.2) is 175 Å². The quantitative estimate of drug-likeness (QED) is 0.210. The Hall–Kier alpha value is -6.06. The minimum Gasteiger partial charge on any atom is -0.365 e. The molecule has 1 aliphatic heterocycles. The third-order valence-corrected chi connectivity index (χ3v) is 8.67. The van der Waals surface area contributed by atoms with Crippen LogP contribution in [0, 0.1) is 0 Å². The molecule has 1 aromatic heterocycles. The number of aromatic nitrogens is 1. The van der Waals surface area contributed by atoms with E-state index in [0.717, 1.165) is 39.3 Å². The lowest BCUT2D eigenvalue weighted by Gasteiger charge is -2.23. The van der Waals surface area contributed by atoms with Gasteiger partial charge in [0.25, 0.3) is 0 Å². The van der Waals surface area contributed by atoms with E-state index in [1.807, 2.05) is 12.3 Å². The molecule has 7 aromatic rings. The number of rotatable bonds is 6. The van der Waals surface area contributed by atoms with Crippen molar-refractivity contribution in [3.05, 3.63) is 187 Å². The van der Waals surface area contributed by atoms with Crippen LogP contribution >= 0.6 is 0 Å². The summed E-state index contributed by atoms with van der Waals surface area (Å²) in [5.74, 6) is 0.874. The molecule has 0 atom stereocenters. The summed E-state index contributed by atoms with van der Waals surface area (Å²) in [4.78, 5) is 9.61. The third kappa shape index (κ3) is 5.40. The molecule has 3 nitrogen and oxygen atoms in total. The molecule has 0 amide bonds. The molecular weight excluding hydrogens is 558 g/mol. The van der Waals surface area contributed by atoms with E-state index in [1.165, 1.54) is 38.6 Å². The van der Waals surface area contributed by atoms with E-state index in [-0.39, 0.29) is 0 Å². The number of fused-ring (bicyclic) bond motifs is 1. The van der Waals surface area contributed by atoms with Crippen molar-refractivity contribution in [3.8, 4) is 33.4 Å². The van der Waals surface area contributed by atoms with Crippen LogP contribution in [0.4, 0.5) is 0 Å². The van der Waals surface area contributed by atoms with Crippen LogP contribution < -0.4 is 5.32 Å². The van der Waals surface area contributed by atoms with E-state index in [0.29, 0.717) is 6.54 Å². The number of nitrogens with zero attached hydrogens (tertiary/aromatic N) is 2. The van der Waals surface area contributed by atoms with Gasteiger partial charge in [0.05, 0.1) is 5.70 Å². The monoisotopic (exact) mass is 589 g/mol. The average molecular weight is 590 g/mol. The van der Waals surface area contributed by atoms with Gasteiger partial charge in [-0.25, -0.2) is 4.99 Å². The van der Waals surface area contributed by atoms with E-state index in [9.17, 15) is 0 Å². The van der Waals surface area contributed by atoms with Crippen LogP contribution in [-0.2, 0) is 0 Å². The SMILES string of the molecule is c1ccc(-c2cccc(C3=C(c4ccc(-c5cccnc5)cc4)N=C(c4ccc(-c5cccc6ccccc56)cc4)NC3)c2)cc1. The number of aliphatic imine (C=N–C) groups is 1. The Bertz CT molecular complexity index is 2210. The highest BCUT2D eigenvalue weighted by Gasteiger charge is 2.20. The number of amidine groups is 1. The average Bonchev–Trinajstić information content (AvgIpc) is 3.15. The lowest BCUT2D eigenvalue weighted by atomic mass is 9.94. The van der Waals surface area contributed by atoms with Crippen molar-refractivity contribution in [1.29, 1.82) is 0 Å². The Labute approximate surface area is 269 Å². The Balaban J connectivity index is 1.20. The first kappa shape index (κ1) is 27.5. The Morgan fingerprint density at radius 1 is 0.457 bits per heavy atom. The minimum atomic E-state index is 0.668. The molecule has 0 saturated carbocycles. The van der Waals surface area contributed by atoms with Gasteiger partial charge in [-0.2, -0.15) is 0 Å². The molecule has 0 bridgehead atoms. The molecule has 46 heavy (non-hydrogen) atoms. The maximum atomic E-state index is 5.31. The Kier molecular flexibility index (Phi) is 7.26. The van der Waals surface area contributed by atoms with Crippen molar-refractivity contribution in [2.45, 2.75) is 0 Å². The summed E-state index contributed by atoms with van der Waals surface area (Å²) in [5.41, 5.74) is 12.5. The zero-order chi connectivity index (χ0) is 30.7. The predicted octanol–water partition coefficient (Wildman–Crippen LogP) is 10.2. The lowest BCUT2D eigenvalue weighted by Crippen LogP contribution is -2.30. The van der Waals surface area contributed by atoms with Gasteiger partial charge in [0.2, 0.25) is 0 Å². The highest BCUT2D eigenvalue weighted by molar-refractivity contribution is 6.09. The summed E-state index contributed by atoms with van der Waals surface area (Å²) in [7, 11) is 0. The third-order valence-electron chi connectivity index (χ3n) is 8.67. The van der Waals surface area contributed by atoms with Gasteiger partial charge in [0.1, 0.15) is 5.84 Å². The summed E-state index contributed by atoms with van der Waals surface area (Å²) in [6.07, 6.45) is 3.70. The molecule has 6 aromatic carbocycles.